The molecule has 2 amide bonds. The van der Waals surface area contributed by atoms with Crippen LogP contribution in [0.3, 0.4) is 0 Å². The lowest BCUT2D eigenvalue weighted by Crippen LogP contribution is -2.28. The van der Waals surface area contributed by atoms with Crippen LogP contribution in [-0.2, 0) is 19.4 Å². The number of para-hydroxylation sites is 1. The maximum absolute atomic E-state index is 12.4. The van der Waals surface area contributed by atoms with Crippen molar-refractivity contribution in [3.05, 3.63) is 54.6 Å². The van der Waals surface area contributed by atoms with E-state index in [1.54, 1.807) is 19.2 Å². The third-order valence-electron chi connectivity index (χ3n) is 3.64. The van der Waals surface area contributed by atoms with Crippen molar-refractivity contribution in [3.63, 3.8) is 0 Å². The van der Waals surface area contributed by atoms with Crippen molar-refractivity contribution in [3.8, 4) is 0 Å². The highest BCUT2D eigenvalue weighted by Gasteiger charge is 2.19. The van der Waals surface area contributed by atoms with Crippen LogP contribution in [0.4, 0.5) is 11.4 Å². The second-order valence-electron chi connectivity index (χ2n) is 5.56. The van der Waals surface area contributed by atoms with Crippen molar-refractivity contribution in [2.24, 2.45) is 0 Å². The molecule has 0 aliphatic rings. The number of benzene rings is 2. The van der Waals surface area contributed by atoms with Crippen LogP contribution in [0.15, 0.2) is 59.5 Å². The maximum Gasteiger partial charge on any atom is 0.227 e. The Bertz CT molecular complexity index is 846. The van der Waals surface area contributed by atoms with E-state index in [0.717, 1.165) is 0 Å². The normalized spacial score (nSPS) is 11.0. The largest absolute Gasteiger partial charge is 0.326 e. The molecule has 7 heteroatoms. The molecule has 0 radical (unpaired) electrons. The van der Waals surface area contributed by atoms with E-state index in [2.05, 4.69) is 5.32 Å². The number of nitrogens with zero attached hydrogens (tertiary/aromatic N) is 1. The molecule has 6 nitrogen and oxygen atoms in total. The van der Waals surface area contributed by atoms with Gasteiger partial charge in [-0.05, 0) is 36.4 Å². The van der Waals surface area contributed by atoms with Gasteiger partial charge in [-0.25, -0.2) is 8.42 Å². The fraction of sp³-hybridized carbons (Fsp3) is 0.222. The van der Waals surface area contributed by atoms with Gasteiger partial charge in [0.1, 0.15) is 0 Å². The van der Waals surface area contributed by atoms with Crippen molar-refractivity contribution in [2.75, 3.05) is 23.0 Å². The molecule has 0 spiro atoms. The summed E-state index contributed by atoms with van der Waals surface area (Å²) < 4.78 is 24.7. The lowest BCUT2D eigenvalue weighted by atomic mass is 10.3. The first kappa shape index (κ1) is 18.7. The van der Waals surface area contributed by atoms with E-state index in [1.807, 2.05) is 18.2 Å². The van der Waals surface area contributed by atoms with Crippen LogP contribution in [0.2, 0.25) is 0 Å². The molecule has 132 valence electrons. The third-order valence-corrected chi connectivity index (χ3v) is 5.37. The van der Waals surface area contributed by atoms with E-state index in [-0.39, 0.29) is 28.9 Å². The molecule has 0 atom stereocenters. The lowest BCUT2D eigenvalue weighted by Gasteiger charge is -2.17. The minimum absolute atomic E-state index is 0.110. The second kappa shape index (κ2) is 7.94. The molecule has 0 aliphatic heterocycles. The SMILES string of the molecule is CC(=O)Nc1ccc(S(=O)(=O)CCC(=O)N(C)c2ccccc2)cc1. The Labute approximate surface area is 147 Å². The van der Waals surface area contributed by atoms with Crippen LogP contribution in [0, 0.1) is 0 Å². The van der Waals surface area contributed by atoms with Gasteiger partial charge in [-0.15, -0.1) is 0 Å². The summed E-state index contributed by atoms with van der Waals surface area (Å²) in [4.78, 5) is 24.8. The molecule has 0 fully saturated rings. The highest BCUT2D eigenvalue weighted by Crippen LogP contribution is 2.17. The first-order chi connectivity index (χ1) is 11.8. The van der Waals surface area contributed by atoms with E-state index in [0.29, 0.717) is 11.4 Å². The second-order valence-corrected chi connectivity index (χ2v) is 7.67. The molecule has 0 aromatic heterocycles. The Hall–Kier alpha value is -2.67. The van der Waals surface area contributed by atoms with Gasteiger partial charge in [-0.3, -0.25) is 9.59 Å². The Balaban J connectivity index is 2.01. The summed E-state index contributed by atoms with van der Waals surface area (Å²) in [6, 6.07) is 14.9. The predicted molar refractivity (Wildman–Crippen MR) is 97.3 cm³/mol. The highest BCUT2D eigenvalue weighted by molar-refractivity contribution is 7.91. The van der Waals surface area contributed by atoms with Gasteiger partial charge < -0.3 is 10.2 Å². The molecule has 0 bridgehead atoms. The Morgan fingerprint density at radius 3 is 2.16 bits per heavy atom. The summed E-state index contributed by atoms with van der Waals surface area (Å²) in [6.45, 7) is 1.37. The molecule has 0 saturated carbocycles. The zero-order chi connectivity index (χ0) is 18.4. The number of hydrogen-bond donors (Lipinski definition) is 1. The lowest BCUT2D eigenvalue weighted by molar-refractivity contribution is -0.118. The molecule has 1 N–H and O–H groups in total. The maximum atomic E-state index is 12.4. The summed E-state index contributed by atoms with van der Waals surface area (Å²) in [5.41, 5.74) is 1.23. The number of carbonyl (C=O) groups is 2. The summed E-state index contributed by atoms with van der Waals surface area (Å²) in [6.07, 6.45) is -0.110. The van der Waals surface area contributed by atoms with E-state index in [1.165, 1.54) is 36.1 Å². The fourth-order valence-corrected chi connectivity index (χ4v) is 3.48. The third kappa shape index (κ3) is 5.15. The van der Waals surface area contributed by atoms with E-state index >= 15 is 0 Å². The van der Waals surface area contributed by atoms with Crippen molar-refractivity contribution < 1.29 is 18.0 Å². The molecule has 0 unspecified atom stereocenters. The molecular weight excluding hydrogens is 340 g/mol. The van der Waals surface area contributed by atoms with Crippen LogP contribution < -0.4 is 10.2 Å². The quantitative estimate of drug-likeness (QED) is 0.858. The van der Waals surface area contributed by atoms with Crippen molar-refractivity contribution in [1.82, 2.24) is 0 Å². The van der Waals surface area contributed by atoms with E-state index in [4.69, 9.17) is 0 Å². The number of sulfone groups is 1. The van der Waals surface area contributed by atoms with Gasteiger partial charge in [-0.2, -0.15) is 0 Å². The molecular formula is C18H20N2O4S. The molecule has 2 aromatic carbocycles. The summed E-state index contributed by atoms with van der Waals surface area (Å²) in [7, 11) is -1.96. The van der Waals surface area contributed by atoms with Crippen LogP contribution in [0.1, 0.15) is 13.3 Å². The Kier molecular flexibility index (Phi) is 5.93. The molecule has 2 rings (SSSR count). The number of anilines is 2. The van der Waals surface area contributed by atoms with Gasteiger partial charge in [0.05, 0.1) is 10.6 Å². The first-order valence-corrected chi connectivity index (χ1v) is 9.37. The fourth-order valence-electron chi connectivity index (χ4n) is 2.25. The monoisotopic (exact) mass is 360 g/mol. The average molecular weight is 360 g/mol. The standard InChI is InChI=1S/C18H20N2O4S/c1-14(21)19-15-8-10-17(11-9-15)25(23,24)13-12-18(22)20(2)16-6-4-3-5-7-16/h3-11H,12-13H2,1-2H3,(H,19,21). The van der Waals surface area contributed by atoms with Crippen LogP contribution in [0.25, 0.3) is 0 Å². The zero-order valence-corrected chi connectivity index (χ0v) is 14.9. The van der Waals surface area contributed by atoms with Gasteiger partial charge in [0.15, 0.2) is 9.84 Å². The summed E-state index contributed by atoms with van der Waals surface area (Å²) in [5, 5.41) is 2.57. The molecule has 0 saturated heterocycles. The number of hydrogen-bond acceptors (Lipinski definition) is 4. The van der Waals surface area contributed by atoms with Crippen molar-refractivity contribution in [2.45, 2.75) is 18.2 Å². The van der Waals surface area contributed by atoms with Gasteiger partial charge in [0, 0.05) is 31.8 Å². The van der Waals surface area contributed by atoms with Crippen LogP contribution >= 0.6 is 0 Å². The number of amides is 2. The smallest absolute Gasteiger partial charge is 0.227 e. The molecule has 2 aromatic rings. The number of carbonyl (C=O) groups excluding carboxylic acids is 2. The highest BCUT2D eigenvalue weighted by atomic mass is 32.2. The van der Waals surface area contributed by atoms with E-state index < -0.39 is 9.84 Å². The Morgan fingerprint density at radius 2 is 1.60 bits per heavy atom. The minimum atomic E-state index is -3.58. The first-order valence-electron chi connectivity index (χ1n) is 7.71. The van der Waals surface area contributed by atoms with Crippen LogP contribution in [0.5, 0.6) is 0 Å². The molecule has 0 heterocycles. The molecule has 0 aliphatic carbocycles. The van der Waals surface area contributed by atoms with E-state index in [9.17, 15) is 18.0 Å². The minimum Gasteiger partial charge on any atom is -0.326 e. The van der Waals surface area contributed by atoms with Gasteiger partial charge in [0.2, 0.25) is 11.8 Å². The predicted octanol–water partition coefficient (Wildman–Crippen LogP) is 2.47. The van der Waals surface area contributed by atoms with Gasteiger partial charge in [-0.1, -0.05) is 18.2 Å². The van der Waals surface area contributed by atoms with Crippen molar-refractivity contribution in [1.29, 1.82) is 0 Å². The summed E-state index contributed by atoms with van der Waals surface area (Å²) >= 11 is 0. The average Bonchev–Trinajstić information content (AvgIpc) is 2.60. The van der Waals surface area contributed by atoms with Gasteiger partial charge in [0.25, 0.3) is 0 Å². The number of rotatable bonds is 6. The number of nitrogens with one attached hydrogen (secondary N) is 1. The van der Waals surface area contributed by atoms with Gasteiger partial charge >= 0.3 is 0 Å². The van der Waals surface area contributed by atoms with Crippen LogP contribution in [-0.4, -0.2) is 33.0 Å². The Morgan fingerprint density at radius 1 is 1.00 bits per heavy atom. The molecule has 25 heavy (non-hydrogen) atoms. The van der Waals surface area contributed by atoms with Crippen molar-refractivity contribution >= 4 is 33.0 Å². The topological polar surface area (TPSA) is 83.5 Å². The zero-order valence-electron chi connectivity index (χ0n) is 14.1. The summed E-state index contributed by atoms with van der Waals surface area (Å²) in [5.74, 6) is -0.780.